The molecule has 26 heavy (non-hydrogen) atoms. The van der Waals surface area contributed by atoms with Crippen LogP contribution in [0.25, 0.3) is 0 Å². The lowest BCUT2D eigenvalue weighted by Gasteiger charge is -2.27. The minimum Gasteiger partial charge on any atom is -0.465 e. The fourth-order valence-corrected chi connectivity index (χ4v) is 3.20. The van der Waals surface area contributed by atoms with Gasteiger partial charge in [0.05, 0.1) is 12.7 Å². The summed E-state index contributed by atoms with van der Waals surface area (Å²) in [6.07, 6.45) is 5.00. The average molecular weight is 360 g/mol. The maximum Gasteiger partial charge on any atom is 0.337 e. The number of unbranched alkanes of at least 4 members (excludes halogenated alkanes) is 1. The first-order valence-corrected chi connectivity index (χ1v) is 9.32. The molecule has 1 aromatic rings. The molecule has 1 saturated carbocycles. The Morgan fingerprint density at radius 2 is 1.58 bits per heavy atom. The van der Waals surface area contributed by atoms with Crippen molar-refractivity contribution in [3.63, 3.8) is 0 Å². The Kier molecular flexibility index (Phi) is 7.63. The van der Waals surface area contributed by atoms with Crippen LogP contribution in [0.15, 0.2) is 24.3 Å². The molecule has 0 aromatic heterocycles. The van der Waals surface area contributed by atoms with Gasteiger partial charge in [-0.15, -0.1) is 0 Å². The van der Waals surface area contributed by atoms with Crippen molar-refractivity contribution in [3.8, 4) is 0 Å². The van der Waals surface area contributed by atoms with Gasteiger partial charge in [-0.3, -0.25) is 9.59 Å². The molecule has 0 spiro atoms. The van der Waals surface area contributed by atoms with Crippen molar-refractivity contribution in [2.24, 2.45) is 11.8 Å². The maximum atomic E-state index is 12.4. The highest BCUT2D eigenvalue weighted by Gasteiger charge is 2.29. The zero-order chi connectivity index (χ0) is 18.9. The van der Waals surface area contributed by atoms with Crippen LogP contribution in [0.1, 0.15) is 55.8 Å². The number of anilines is 1. The molecule has 6 nitrogen and oxygen atoms in total. The molecule has 0 bridgehead atoms. The van der Waals surface area contributed by atoms with Crippen LogP contribution in [0, 0.1) is 11.8 Å². The molecule has 1 aromatic carbocycles. The van der Waals surface area contributed by atoms with Crippen molar-refractivity contribution in [1.82, 2.24) is 5.32 Å². The van der Waals surface area contributed by atoms with Gasteiger partial charge in [-0.1, -0.05) is 13.3 Å². The first kappa shape index (κ1) is 19.9. The van der Waals surface area contributed by atoms with Gasteiger partial charge < -0.3 is 15.4 Å². The highest BCUT2D eigenvalue weighted by atomic mass is 16.5. The number of methoxy groups -OCH3 is 1. The molecule has 2 amide bonds. The van der Waals surface area contributed by atoms with Gasteiger partial charge in [0.2, 0.25) is 11.8 Å². The van der Waals surface area contributed by atoms with E-state index in [0.717, 1.165) is 45.1 Å². The minimum absolute atomic E-state index is 0.0234. The van der Waals surface area contributed by atoms with Gasteiger partial charge in [0.15, 0.2) is 0 Å². The summed E-state index contributed by atoms with van der Waals surface area (Å²) in [5.41, 5.74) is 1.10. The van der Waals surface area contributed by atoms with E-state index in [1.807, 2.05) is 0 Å². The Labute approximate surface area is 154 Å². The molecule has 0 unspecified atom stereocenters. The summed E-state index contributed by atoms with van der Waals surface area (Å²) >= 11 is 0. The first-order valence-electron chi connectivity index (χ1n) is 9.32. The number of carbonyl (C=O) groups is 3. The third-order valence-corrected chi connectivity index (χ3v) is 4.87. The van der Waals surface area contributed by atoms with Crippen LogP contribution in [-0.4, -0.2) is 31.4 Å². The highest BCUT2D eigenvalue weighted by Crippen LogP contribution is 2.30. The van der Waals surface area contributed by atoms with E-state index < -0.39 is 5.97 Å². The molecule has 1 aliphatic carbocycles. The second kappa shape index (κ2) is 9.94. The van der Waals surface area contributed by atoms with E-state index in [1.54, 1.807) is 24.3 Å². The number of esters is 1. The Hall–Kier alpha value is -2.37. The second-order valence-electron chi connectivity index (χ2n) is 6.75. The SMILES string of the molecule is CCCCNC(=O)C1CCC(C(=O)Nc2ccc(C(=O)OC)cc2)CC1. The molecule has 0 heterocycles. The predicted molar refractivity (Wildman–Crippen MR) is 99.8 cm³/mol. The van der Waals surface area contributed by atoms with Crippen molar-refractivity contribution >= 4 is 23.5 Å². The quantitative estimate of drug-likeness (QED) is 0.578. The van der Waals surface area contributed by atoms with Crippen LogP contribution in [0.2, 0.25) is 0 Å². The number of carbonyl (C=O) groups excluding carboxylic acids is 3. The Balaban J connectivity index is 1.79. The standard InChI is InChI=1S/C20H28N2O4/c1-3-4-13-21-18(23)14-5-7-15(8-6-14)19(24)22-17-11-9-16(10-12-17)20(25)26-2/h9-12,14-15H,3-8,13H2,1-2H3,(H,21,23)(H,22,24). The molecule has 0 aliphatic heterocycles. The molecule has 6 heteroatoms. The molecule has 1 fully saturated rings. The van der Waals surface area contributed by atoms with Gasteiger partial charge in [-0.25, -0.2) is 4.79 Å². The Bertz CT molecular complexity index is 619. The van der Waals surface area contributed by atoms with Gasteiger partial charge in [0, 0.05) is 24.1 Å². The van der Waals surface area contributed by atoms with E-state index in [2.05, 4.69) is 22.3 Å². The minimum atomic E-state index is -0.404. The van der Waals surface area contributed by atoms with E-state index in [1.165, 1.54) is 7.11 Å². The largest absolute Gasteiger partial charge is 0.465 e. The average Bonchev–Trinajstić information content (AvgIpc) is 2.68. The van der Waals surface area contributed by atoms with Gasteiger partial charge in [0.1, 0.15) is 0 Å². The van der Waals surface area contributed by atoms with Gasteiger partial charge in [-0.2, -0.15) is 0 Å². The molecule has 2 N–H and O–H groups in total. The first-order chi connectivity index (χ1) is 12.5. The Morgan fingerprint density at radius 3 is 2.12 bits per heavy atom. The van der Waals surface area contributed by atoms with Crippen LogP contribution in [0.5, 0.6) is 0 Å². The zero-order valence-corrected chi connectivity index (χ0v) is 15.5. The molecule has 1 aliphatic rings. The number of nitrogens with one attached hydrogen (secondary N) is 2. The van der Waals surface area contributed by atoms with Gasteiger partial charge >= 0.3 is 5.97 Å². The summed E-state index contributed by atoms with van der Waals surface area (Å²) in [7, 11) is 1.33. The van der Waals surface area contributed by atoms with Crippen LogP contribution >= 0.6 is 0 Å². The zero-order valence-electron chi connectivity index (χ0n) is 15.5. The van der Waals surface area contributed by atoms with Crippen molar-refractivity contribution in [2.45, 2.75) is 45.4 Å². The van der Waals surface area contributed by atoms with Crippen molar-refractivity contribution in [1.29, 1.82) is 0 Å². The number of hydrogen-bond acceptors (Lipinski definition) is 4. The van der Waals surface area contributed by atoms with Crippen LogP contribution in [0.3, 0.4) is 0 Å². The third-order valence-electron chi connectivity index (χ3n) is 4.87. The smallest absolute Gasteiger partial charge is 0.337 e. The number of amides is 2. The number of hydrogen-bond donors (Lipinski definition) is 2. The fourth-order valence-electron chi connectivity index (χ4n) is 3.20. The van der Waals surface area contributed by atoms with Crippen LogP contribution < -0.4 is 10.6 Å². The molecular weight excluding hydrogens is 332 g/mol. The van der Waals surface area contributed by atoms with E-state index >= 15 is 0 Å². The fraction of sp³-hybridized carbons (Fsp3) is 0.550. The van der Waals surface area contributed by atoms with Gasteiger partial charge in [-0.05, 0) is 56.4 Å². The van der Waals surface area contributed by atoms with Crippen molar-refractivity contribution < 1.29 is 19.1 Å². The lowest BCUT2D eigenvalue weighted by molar-refractivity contribution is -0.128. The van der Waals surface area contributed by atoms with Crippen LogP contribution in [-0.2, 0) is 14.3 Å². The molecule has 0 atom stereocenters. The third kappa shape index (κ3) is 5.58. The van der Waals surface area contributed by atoms with E-state index in [9.17, 15) is 14.4 Å². The highest BCUT2D eigenvalue weighted by molar-refractivity contribution is 5.94. The molecular formula is C20H28N2O4. The summed E-state index contributed by atoms with van der Waals surface area (Å²) in [5, 5.41) is 5.87. The van der Waals surface area contributed by atoms with Crippen LogP contribution in [0.4, 0.5) is 5.69 Å². The lowest BCUT2D eigenvalue weighted by atomic mass is 9.81. The van der Waals surface area contributed by atoms with Crippen molar-refractivity contribution in [3.05, 3.63) is 29.8 Å². The van der Waals surface area contributed by atoms with E-state index in [0.29, 0.717) is 11.3 Å². The summed E-state index contributed by atoms with van der Waals surface area (Å²) in [6, 6.07) is 6.63. The molecule has 2 rings (SSSR count). The summed E-state index contributed by atoms with van der Waals surface area (Å²) in [6.45, 7) is 2.83. The monoisotopic (exact) mass is 360 g/mol. The summed E-state index contributed by atoms with van der Waals surface area (Å²) < 4.78 is 4.65. The predicted octanol–water partition coefficient (Wildman–Crippen LogP) is 3.13. The van der Waals surface area contributed by atoms with Crippen molar-refractivity contribution in [2.75, 3.05) is 19.0 Å². The topological polar surface area (TPSA) is 84.5 Å². The second-order valence-corrected chi connectivity index (χ2v) is 6.75. The maximum absolute atomic E-state index is 12.4. The lowest BCUT2D eigenvalue weighted by Crippen LogP contribution is -2.35. The van der Waals surface area contributed by atoms with Gasteiger partial charge in [0.25, 0.3) is 0 Å². The summed E-state index contributed by atoms with van der Waals surface area (Å²) in [4.78, 5) is 36.0. The van der Waals surface area contributed by atoms with E-state index in [-0.39, 0.29) is 23.7 Å². The normalized spacial score (nSPS) is 19.5. The Morgan fingerprint density at radius 1 is 1.00 bits per heavy atom. The number of rotatable bonds is 7. The molecule has 0 saturated heterocycles. The molecule has 0 radical (unpaired) electrons. The number of benzene rings is 1. The van der Waals surface area contributed by atoms with E-state index in [4.69, 9.17) is 0 Å². The molecule has 142 valence electrons. The number of ether oxygens (including phenoxy) is 1. The summed E-state index contributed by atoms with van der Waals surface area (Å²) in [5.74, 6) is -0.361.